The van der Waals surface area contributed by atoms with Gasteiger partial charge in [-0.05, 0) is 80.9 Å². The number of benzene rings is 6. The summed E-state index contributed by atoms with van der Waals surface area (Å²) in [5.74, 6) is 1.24. The summed E-state index contributed by atoms with van der Waals surface area (Å²) in [6.07, 6.45) is 0. The summed E-state index contributed by atoms with van der Waals surface area (Å²) >= 11 is 1.19. The maximum absolute atomic E-state index is 12.0. The lowest BCUT2D eigenvalue weighted by atomic mass is 9.85. The highest BCUT2D eigenvalue weighted by molar-refractivity contribution is 7.00. The molecule has 0 saturated heterocycles. The topological polar surface area (TPSA) is 70.5 Å². The average Bonchev–Trinajstić information content (AvgIpc) is 3.67. The van der Waals surface area contributed by atoms with E-state index in [0.29, 0.717) is 5.56 Å². The van der Waals surface area contributed by atoms with Gasteiger partial charge >= 0.3 is 5.97 Å². The van der Waals surface area contributed by atoms with Crippen LogP contribution in [0.25, 0.3) is 44.4 Å². The van der Waals surface area contributed by atoms with Crippen molar-refractivity contribution in [2.45, 2.75) is 0 Å². The molecular weight excluding hydrogens is 629 g/mol. The Balaban J connectivity index is 1.34. The van der Waals surface area contributed by atoms with E-state index in [1.165, 1.54) is 18.8 Å². The predicted octanol–water partition coefficient (Wildman–Crippen LogP) is 9.84. The van der Waals surface area contributed by atoms with Crippen molar-refractivity contribution in [3.05, 3.63) is 167 Å². The van der Waals surface area contributed by atoms with Crippen molar-refractivity contribution in [1.82, 2.24) is 8.75 Å². The molecule has 1 aromatic heterocycles. The number of hydrogen-bond acceptors (Lipinski definition) is 7. The first-order valence-electron chi connectivity index (χ1n) is 15.7. The standard InChI is InChI=1S/C42H32N2O4S/c1-46-34-21-17-31(18-22-34)39(32-19-23-35(47-2)24-20-32)38(29-7-5-4-6-8-29)30-13-9-27(10-14-30)36-25-26-37(41-40(36)43-49-44-41)28-11-15-33(16-12-28)42(45)48-3/h4-26H,1-3H3. The number of aromatic nitrogens is 2. The second-order valence-electron chi connectivity index (χ2n) is 11.3. The minimum absolute atomic E-state index is 0.365. The first-order chi connectivity index (χ1) is 24.1. The highest BCUT2D eigenvalue weighted by Gasteiger charge is 2.18. The molecule has 6 nitrogen and oxygen atoms in total. The number of methoxy groups -OCH3 is 3. The van der Waals surface area contributed by atoms with Crippen LogP contribution in [0.5, 0.6) is 11.5 Å². The fourth-order valence-electron chi connectivity index (χ4n) is 6.08. The van der Waals surface area contributed by atoms with Crippen LogP contribution in [0.1, 0.15) is 32.6 Å². The van der Waals surface area contributed by atoms with Gasteiger partial charge < -0.3 is 14.2 Å². The molecule has 0 fully saturated rings. The summed E-state index contributed by atoms with van der Waals surface area (Å²) in [6.45, 7) is 0. The van der Waals surface area contributed by atoms with E-state index < -0.39 is 0 Å². The van der Waals surface area contributed by atoms with Crippen LogP contribution in [0.2, 0.25) is 0 Å². The van der Waals surface area contributed by atoms with Gasteiger partial charge in [0.1, 0.15) is 22.5 Å². The molecule has 0 saturated carbocycles. The smallest absolute Gasteiger partial charge is 0.337 e. The number of carbonyl (C=O) groups excluding carboxylic acids is 1. The van der Waals surface area contributed by atoms with E-state index in [9.17, 15) is 4.79 Å². The van der Waals surface area contributed by atoms with Gasteiger partial charge in [-0.1, -0.05) is 103 Å². The zero-order valence-electron chi connectivity index (χ0n) is 27.2. The molecule has 1 heterocycles. The van der Waals surface area contributed by atoms with Crippen LogP contribution in [-0.2, 0) is 4.74 Å². The van der Waals surface area contributed by atoms with Crippen LogP contribution in [0.15, 0.2) is 140 Å². The van der Waals surface area contributed by atoms with E-state index in [2.05, 4.69) is 89.3 Å². The molecular formula is C42H32N2O4S. The second-order valence-corrected chi connectivity index (χ2v) is 11.9. The monoisotopic (exact) mass is 660 g/mol. The maximum Gasteiger partial charge on any atom is 0.337 e. The summed E-state index contributed by atoms with van der Waals surface area (Å²) in [5.41, 5.74) is 12.6. The summed E-state index contributed by atoms with van der Waals surface area (Å²) in [6, 6.07) is 47.0. The zero-order valence-corrected chi connectivity index (χ0v) is 28.0. The first kappa shape index (κ1) is 31.5. The Hall–Kier alpha value is -6.05. The van der Waals surface area contributed by atoms with Crippen molar-refractivity contribution in [3.8, 4) is 33.8 Å². The summed E-state index contributed by atoms with van der Waals surface area (Å²) in [4.78, 5) is 12.0. The minimum Gasteiger partial charge on any atom is -0.497 e. The largest absolute Gasteiger partial charge is 0.497 e. The SMILES string of the molecule is COC(=O)c1ccc(-c2ccc(-c3ccc(C(=C(c4ccc(OC)cc4)c4ccc(OC)cc4)c4ccccc4)cc3)c3nsnc23)cc1. The molecule has 0 amide bonds. The average molecular weight is 661 g/mol. The lowest BCUT2D eigenvalue weighted by Crippen LogP contribution is -2.00. The fraction of sp³-hybridized carbons (Fsp3) is 0.0714. The molecule has 0 radical (unpaired) electrons. The van der Waals surface area contributed by atoms with Gasteiger partial charge in [-0.2, -0.15) is 8.75 Å². The Morgan fingerprint density at radius 3 is 1.27 bits per heavy atom. The zero-order chi connectivity index (χ0) is 33.7. The molecule has 0 aliphatic carbocycles. The van der Waals surface area contributed by atoms with Gasteiger partial charge in [-0.15, -0.1) is 0 Å². The van der Waals surface area contributed by atoms with E-state index in [0.717, 1.165) is 78.2 Å². The Morgan fingerprint density at radius 2 is 0.857 bits per heavy atom. The number of carbonyl (C=O) groups is 1. The Bertz CT molecular complexity index is 2210. The molecule has 0 spiro atoms. The number of nitrogens with zero attached hydrogens (tertiary/aromatic N) is 2. The molecule has 7 rings (SSSR count). The number of rotatable bonds is 9. The quantitative estimate of drug-likeness (QED) is 0.113. The van der Waals surface area contributed by atoms with Crippen LogP contribution < -0.4 is 9.47 Å². The van der Waals surface area contributed by atoms with Gasteiger partial charge in [0.25, 0.3) is 0 Å². The van der Waals surface area contributed by atoms with E-state index in [4.69, 9.17) is 18.6 Å². The van der Waals surface area contributed by atoms with E-state index in [1.54, 1.807) is 26.4 Å². The van der Waals surface area contributed by atoms with Crippen LogP contribution in [0, 0.1) is 0 Å². The number of fused-ring (bicyclic) bond motifs is 1. The van der Waals surface area contributed by atoms with Crippen molar-refractivity contribution in [2.24, 2.45) is 0 Å². The lowest BCUT2D eigenvalue weighted by molar-refractivity contribution is 0.0600. The van der Waals surface area contributed by atoms with Crippen molar-refractivity contribution in [3.63, 3.8) is 0 Å². The summed E-state index contributed by atoms with van der Waals surface area (Å²) in [5, 5.41) is 0. The predicted molar refractivity (Wildman–Crippen MR) is 197 cm³/mol. The van der Waals surface area contributed by atoms with Gasteiger partial charge in [0.2, 0.25) is 0 Å². The molecule has 0 atom stereocenters. The summed E-state index contributed by atoms with van der Waals surface area (Å²) in [7, 11) is 4.74. The lowest BCUT2D eigenvalue weighted by Gasteiger charge is -2.19. The van der Waals surface area contributed by atoms with Gasteiger partial charge in [0.05, 0.1) is 38.6 Å². The van der Waals surface area contributed by atoms with E-state index in [-0.39, 0.29) is 5.97 Å². The van der Waals surface area contributed by atoms with Gasteiger partial charge in [-0.25, -0.2) is 4.79 Å². The van der Waals surface area contributed by atoms with Gasteiger partial charge in [0.15, 0.2) is 0 Å². The summed E-state index contributed by atoms with van der Waals surface area (Å²) < 4.78 is 25.2. The molecule has 0 bridgehead atoms. The molecule has 7 aromatic rings. The Morgan fingerprint density at radius 1 is 0.469 bits per heavy atom. The van der Waals surface area contributed by atoms with Crippen molar-refractivity contribution < 1.29 is 19.0 Å². The Labute approximate surface area is 289 Å². The van der Waals surface area contributed by atoms with Gasteiger partial charge in [-0.3, -0.25) is 0 Å². The van der Waals surface area contributed by atoms with Crippen LogP contribution in [-0.4, -0.2) is 36.0 Å². The maximum atomic E-state index is 12.0. The molecule has 240 valence electrons. The fourth-order valence-corrected chi connectivity index (χ4v) is 6.66. The highest BCUT2D eigenvalue weighted by Crippen LogP contribution is 2.40. The van der Waals surface area contributed by atoms with Gasteiger partial charge in [0, 0.05) is 11.1 Å². The van der Waals surface area contributed by atoms with Crippen LogP contribution in [0.3, 0.4) is 0 Å². The van der Waals surface area contributed by atoms with Crippen molar-refractivity contribution >= 4 is 39.9 Å². The molecule has 7 heteroatoms. The third-order valence-electron chi connectivity index (χ3n) is 8.59. The Kier molecular flexibility index (Phi) is 9.00. The van der Waals surface area contributed by atoms with E-state index in [1.807, 2.05) is 42.5 Å². The first-order valence-corrected chi connectivity index (χ1v) is 16.4. The molecule has 0 unspecified atom stereocenters. The third-order valence-corrected chi connectivity index (χ3v) is 9.12. The van der Waals surface area contributed by atoms with Crippen molar-refractivity contribution in [2.75, 3.05) is 21.3 Å². The van der Waals surface area contributed by atoms with Crippen LogP contribution in [0.4, 0.5) is 0 Å². The normalized spacial score (nSPS) is 10.8. The second kappa shape index (κ2) is 14.0. The molecule has 0 aliphatic rings. The molecule has 0 aliphatic heterocycles. The van der Waals surface area contributed by atoms with Crippen LogP contribution >= 0.6 is 11.7 Å². The number of esters is 1. The minimum atomic E-state index is -0.365. The van der Waals surface area contributed by atoms with Crippen molar-refractivity contribution in [1.29, 1.82) is 0 Å². The third kappa shape index (κ3) is 6.32. The molecule has 0 N–H and O–H groups in total. The highest BCUT2D eigenvalue weighted by atomic mass is 32.1. The molecule has 49 heavy (non-hydrogen) atoms. The van der Waals surface area contributed by atoms with E-state index >= 15 is 0 Å². The molecule has 6 aromatic carbocycles. The number of ether oxygens (including phenoxy) is 3. The number of hydrogen-bond donors (Lipinski definition) is 0.